The van der Waals surface area contributed by atoms with E-state index in [0.717, 1.165) is 5.56 Å². The second-order valence-corrected chi connectivity index (χ2v) is 7.62. The highest BCUT2D eigenvalue weighted by molar-refractivity contribution is 6.30. The predicted molar refractivity (Wildman–Crippen MR) is 110 cm³/mol. The van der Waals surface area contributed by atoms with E-state index in [-0.39, 0.29) is 17.7 Å². The van der Waals surface area contributed by atoms with Crippen LogP contribution in [0.4, 0.5) is 0 Å². The first kappa shape index (κ1) is 20.2. The van der Waals surface area contributed by atoms with Gasteiger partial charge in [-0.15, -0.1) is 0 Å². The fraction of sp³-hybridized carbons (Fsp3) is 0.364. The lowest BCUT2D eigenvalue weighted by Gasteiger charge is -2.35. The molecule has 1 heterocycles. The smallest absolute Gasteiger partial charge is 0.257 e. The van der Waals surface area contributed by atoms with Crippen molar-refractivity contribution in [2.24, 2.45) is 5.92 Å². The standard InChI is InChI=1S/C22H25ClN2O3/c1-16(2)21(26)24-11-13-25(14-12-24)22(27)19-5-3-4-6-20(19)28-15-17-7-9-18(23)10-8-17/h3-10,16H,11-15H2,1-2H3. The molecule has 28 heavy (non-hydrogen) atoms. The Morgan fingerprint density at radius 2 is 1.57 bits per heavy atom. The van der Waals surface area contributed by atoms with Crippen molar-refractivity contribution in [2.45, 2.75) is 20.5 Å². The molecule has 0 unspecified atom stereocenters. The summed E-state index contributed by atoms with van der Waals surface area (Å²) in [6, 6.07) is 14.7. The van der Waals surface area contributed by atoms with Crippen molar-refractivity contribution in [3.63, 3.8) is 0 Å². The maximum Gasteiger partial charge on any atom is 0.257 e. The lowest BCUT2D eigenvalue weighted by atomic mass is 10.1. The Morgan fingerprint density at radius 1 is 0.964 bits per heavy atom. The van der Waals surface area contributed by atoms with E-state index in [2.05, 4.69) is 0 Å². The van der Waals surface area contributed by atoms with Gasteiger partial charge in [-0.25, -0.2) is 0 Å². The number of carbonyl (C=O) groups is 2. The van der Waals surface area contributed by atoms with Gasteiger partial charge in [-0.3, -0.25) is 9.59 Å². The molecule has 1 aliphatic rings. The van der Waals surface area contributed by atoms with Gasteiger partial charge in [0.25, 0.3) is 5.91 Å². The SMILES string of the molecule is CC(C)C(=O)N1CCN(C(=O)c2ccccc2OCc2ccc(Cl)cc2)CC1. The van der Waals surface area contributed by atoms with Crippen molar-refractivity contribution in [2.75, 3.05) is 26.2 Å². The first-order valence-electron chi connectivity index (χ1n) is 9.50. The van der Waals surface area contributed by atoms with Gasteiger partial charge in [0.2, 0.25) is 5.91 Å². The fourth-order valence-electron chi connectivity index (χ4n) is 3.18. The summed E-state index contributed by atoms with van der Waals surface area (Å²) in [4.78, 5) is 28.8. The number of halogens is 1. The molecule has 148 valence electrons. The van der Waals surface area contributed by atoms with Gasteiger partial charge >= 0.3 is 0 Å². The number of rotatable bonds is 5. The van der Waals surface area contributed by atoms with E-state index in [1.807, 2.05) is 61.2 Å². The number of piperazine rings is 1. The minimum Gasteiger partial charge on any atom is -0.488 e. The third-order valence-electron chi connectivity index (χ3n) is 4.80. The van der Waals surface area contributed by atoms with Crippen molar-refractivity contribution in [1.29, 1.82) is 0 Å². The zero-order chi connectivity index (χ0) is 20.1. The van der Waals surface area contributed by atoms with E-state index >= 15 is 0 Å². The number of ether oxygens (including phenoxy) is 1. The Hall–Kier alpha value is -2.53. The largest absolute Gasteiger partial charge is 0.488 e. The summed E-state index contributed by atoms with van der Waals surface area (Å²) in [7, 11) is 0. The van der Waals surface area contributed by atoms with Gasteiger partial charge in [0.1, 0.15) is 12.4 Å². The van der Waals surface area contributed by atoms with E-state index in [1.165, 1.54) is 0 Å². The first-order valence-corrected chi connectivity index (χ1v) is 9.88. The summed E-state index contributed by atoms with van der Waals surface area (Å²) < 4.78 is 5.91. The van der Waals surface area contributed by atoms with Crippen molar-refractivity contribution < 1.29 is 14.3 Å². The van der Waals surface area contributed by atoms with Crippen molar-refractivity contribution in [3.05, 3.63) is 64.7 Å². The Balaban J connectivity index is 1.64. The van der Waals surface area contributed by atoms with Crippen LogP contribution in [0.2, 0.25) is 5.02 Å². The summed E-state index contributed by atoms with van der Waals surface area (Å²) >= 11 is 5.91. The first-order chi connectivity index (χ1) is 13.5. The molecule has 1 aliphatic heterocycles. The number of benzene rings is 2. The second-order valence-electron chi connectivity index (χ2n) is 7.18. The van der Waals surface area contributed by atoms with Crippen LogP contribution in [0, 0.1) is 5.92 Å². The highest BCUT2D eigenvalue weighted by atomic mass is 35.5. The third kappa shape index (κ3) is 4.84. The molecule has 1 fully saturated rings. The second kappa shape index (κ2) is 9.11. The number of hydrogen-bond acceptors (Lipinski definition) is 3. The van der Waals surface area contributed by atoms with Crippen LogP contribution in [0.1, 0.15) is 29.8 Å². The van der Waals surface area contributed by atoms with Crippen molar-refractivity contribution in [3.8, 4) is 5.75 Å². The van der Waals surface area contributed by atoms with Crippen LogP contribution in [0.25, 0.3) is 0 Å². The van der Waals surface area contributed by atoms with E-state index in [0.29, 0.717) is 49.1 Å². The van der Waals surface area contributed by atoms with Crippen LogP contribution < -0.4 is 4.74 Å². The Bertz CT molecular complexity index is 828. The number of nitrogens with zero attached hydrogens (tertiary/aromatic N) is 2. The predicted octanol–water partition coefficient (Wildman–Crippen LogP) is 3.86. The van der Waals surface area contributed by atoms with E-state index in [4.69, 9.17) is 16.3 Å². The number of hydrogen-bond donors (Lipinski definition) is 0. The summed E-state index contributed by atoms with van der Waals surface area (Å²) in [5.41, 5.74) is 1.52. The Morgan fingerprint density at radius 3 is 2.21 bits per heavy atom. The van der Waals surface area contributed by atoms with Crippen molar-refractivity contribution >= 4 is 23.4 Å². The maximum atomic E-state index is 13.0. The van der Waals surface area contributed by atoms with Crippen molar-refractivity contribution in [1.82, 2.24) is 9.80 Å². The molecular weight excluding hydrogens is 376 g/mol. The van der Waals surface area contributed by atoms with Gasteiger partial charge in [0.15, 0.2) is 0 Å². The molecule has 2 aromatic carbocycles. The molecule has 0 spiro atoms. The number of amides is 2. The molecule has 2 amide bonds. The normalized spacial score (nSPS) is 14.3. The average molecular weight is 401 g/mol. The minimum absolute atomic E-state index is 0.0238. The molecule has 0 aliphatic carbocycles. The zero-order valence-electron chi connectivity index (χ0n) is 16.2. The Kier molecular flexibility index (Phi) is 6.57. The molecular formula is C22H25ClN2O3. The van der Waals surface area contributed by atoms with E-state index in [1.54, 1.807) is 11.0 Å². The van der Waals surface area contributed by atoms with Crippen LogP contribution in [-0.2, 0) is 11.4 Å². The monoisotopic (exact) mass is 400 g/mol. The summed E-state index contributed by atoms with van der Waals surface area (Å²) in [5, 5.41) is 0.675. The zero-order valence-corrected chi connectivity index (χ0v) is 17.0. The number of para-hydroxylation sites is 1. The molecule has 5 nitrogen and oxygen atoms in total. The molecule has 2 aromatic rings. The topological polar surface area (TPSA) is 49.9 Å². The molecule has 1 saturated heterocycles. The fourth-order valence-corrected chi connectivity index (χ4v) is 3.30. The molecule has 0 saturated carbocycles. The molecule has 0 radical (unpaired) electrons. The van der Waals surface area contributed by atoms with Crippen LogP contribution in [0.3, 0.4) is 0 Å². The van der Waals surface area contributed by atoms with Gasteiger partial charge in [-0.1, -0.05) is 49.7 Å². The van der Waals surface area contributed by atoms with Gasteiger partial charge in [0.05, 0.1) is 5.56 Å². The molecule has 3 rings (SSSR count). The summed E-state index contributed by atoms with van der Waals surface area (Å²) in [5.74, 6) is 0.606. The minimum atomic E-state index is -0.0663. The average Bonchev–Trinajstić information content (AvgIpc) is 2.72. The van der Waals surface area contributed by atoms with Gasteiger partial charge < -0.3 is 14.5 Å². The van der Waals surface area contributed by atoms with E-state index < -0.39 is 0 Å². The van der Waals surface area contributed by atoms with Gasteiger partial charge in [0, 0.05) is 37.1 Å². The van der Waals surface area contributed by atoms with Crippen LogP contribution in [0.5, 0.6) is 5.75 Å². The summed E-state index contributed by atoms with van der Waals surface area (Å²) in [6.07, 6.45) is 0. The van der Waals surface area contributed by atoms with E-state index in [9.17, 15) is 9.59 Å². The quantitative estimate of drug-likeness (QED) is 0.765. The lowest BCUT2D eigenvalue weighted by molar-refractivity contribution is -0.135. The highest BCUT2D eigenvalue weighted by Gasteiger charge is 2.27. The number of carbonyl (C=O) groups excluding carboxylic acids is 2. The van der Waals surface area contributed by atoms with Crippen LogP contribution in [-0.4, -0.2) is 47.8 Å². The molecule has 0 N–H and O–H groups in total. The third-order valence-corrected chi connectivity index (χ3v) is 5.05. The van der Waals surface area contributed by atoms with Gasteiger partial charge in [-0.2, -0.15) is 0 Å². The molecule has 6 heteroatoms. The lowest BCUT2D eigenvalue weighted by Crippen LogP contribution is -2.51. The Labute approximate surface area is 170 Å². The molecule has 0 aromatic heterocycles. The maximum absolute atomic E-state index is 13.0. The summed E-state index contributed by atoms with van der Waals surface area (Å²) in [6.45, 7) is 6.35. The van der Waals surface area contributed by atoms with Gasteiger partial charge in [-0.05, 0) is 29.8 Å². The highest BCUT2D eigenvalue weighted by Crippen LogP contribution is 2.22. The van der Waals surface area contributed by atoms with Crippen LogP contribution in [0.15, 0.2) is 48.5 Å². The van der Waals surface area contributed by atoms with Crippen LogP contribution >= 0.6 is 11.6 Å². The molecule has 0 bridgehead atoms. The molecule has 0 atom stereocenters.